The quantitative estimate of drug-likeness (QED) is 0.695. The van der Waals surface area contributed by atoms with Gasteiger partial charge in [0.05, 0.1) is 6.54 Å². The zero-order valence-electron chi connectivity index (χ0n) is 11.0. The van der Waals surface area contributed by atoms with Crippen LogP contribution in [0.4, 0.5) is 0 Å². The Hall–Kier alpha value is -0.800. The van der Waals surface area contributed by atoms with Gasteiger partial charge in [0.1, 0.15) is 18.1 Å². The van der Waals surface area contributed by atoms with Crippen LogP contribution in [0, 0.1) is 0 Å². The van der Waals surface area contributed by atoms with Gasteiger partial charge in [0, 0.05) is 6.04 Å². The maximum Gasteiger partial charge on any atom is 0.129 e. The first-order valence-corrected chi connectivity index (χ1v) is 6.72. The zero-order chi connectivity index (χ0) is 12.5. The van der Waals surface area contributed by atoms with Gasteiger partial charge in [0.25, 0.3) is 0 Å². The van der Waals surface area contributed by atoms with Crippen molar-refractivity contribution in [2.45, 2.75) is 65.1 Å². The molecule has 1 unspecified atom stereocenters. The van der Waals surface area contributed by atoms with Crippen molar-refractivity contribution in [1.29, 1.82) is 0 Å². The van der Waals surface area contributed by atoms with Gasteiger partial charge in [0.2, 0.25) is 0 Å². The Kier molecular flexibility index (Phi) is 6.97. The number of aliphatic hydroxyl groups excluding tert-OH is 1. The molecule has 1 rings (SSSR count). The van der Waals surface area contributed by atoms with Crippen molar-refractivity contribution in [3.05, 3.63) is 23.7 Å². The summed E-state index contributed by atoms with van der Waals surface area (Å²) >= 11 is 0. The van der Waals surface area contributed by atoms with Crippen molar-refractivity contribution in [3.8, 4) is 0 Å². The lowest BCUT2D eigenvalue weighted by Gasteiger charge is -2.16. The molecule has 17 heavy (non-hydrogen) atoms. The van der Waals surface area contributed by atoms with Crippen LogP contribution < -0.4 is 5.32 Å². The maximum atomic E-state index is 8.91. The van der Waals surface area contributed by atoms with E-state index in [1.165, 1.54) is 32.1 Å². The fourth-order valence-corrected chi connectivity index (χ4v) is 1.99. The molecule has 0 radical (unpaired) electrons. The molecule has 3 heteroatoms. The van der Waals surface area contributed by atoms with Crippen LogP contribution in [0.15, 0.2) is 16.5 Å². The molecule has 0 aliphatic carbocycles. The molecule has 0 saturated carbocycles. The number of hydrogen-bond donors (Lipinski definition) is 2. The highest BCUT2D eigenvalue weighted by Gasteiger charge is 2.08. The van der Waals surface area contributed by atoms with E-state index in [9.17, 15) is 0 Å². The van der Waals surface area contributed by atoms with Crippen molar-refractivity contribution < 1.29 is 9.52 Å². The average Bonchev–Trinajstić information content (AvgIpc) is 2.80. The molecule has 0 spiro atoms. The van der Waals surface area contributed by atoms with E-state index >= 15 is 0 Å². The van der Waals surface area contributed by atoms with Gasteiger partial charge in [-0.15, -0.1) is 0 Å². The Balaban J connectivity index is 2.34. The standard InChI is InChI=1S/C14H25NO2/c1-3-5-7-12(6-4-2)15-10-13-8-9-14(11-16)17-13/h8-9,12,15-16H,3-7,10-11H2,1-2H3. The minimum atomic E-state index is -0.0196. The Morgan fingerprint density at radius 3 is 2.53 bits per heavy atom. The third-order valence-corrected chi connectivity index (χ3v) is 2.98. The van der Waals surface area contributed by atoms with Crippen LogP contribution in [0.3, 0.4) is 0 Å². The van der Waals surface area contributed by atoms with Gasteiger partial charge in [-0.05, 0) is 25.0 Å². The first kappa shape index (κ1) is 14.3. The van der Waals surface area contributed by atoms with Crippen LogP contribution >= 0.6 is 0 Å². The Labute approximate surface area is 104 Å². The highest BCUT2D eigenvalue weighted by molar-refractivity contribution is 5.06. The first-order valence-electron chi connectivity index (χ1n) is 6.72. The molecule has 98 valence electrons. The summed E-state index contributed by atoms with van der Waals surface area (Å²) in [7, 11) is 0. The highest BCUT2D eigenvalue weighted by Crippen LogP contribution is 2.11. The molecular formula is C14H25NO2. The molecule has 3 nitrogen and oxygen atoms in total. The average molecular weight is 239 g/mol. The summed E-state index contributed by atoms with van der Waals surface area (Å²) in [6.07, 6.45) is 6.18. The van der Waals surface area contributed by atoms with Gasteiger partial charge in [0.15, 0.2) is 0 Å². The van der Waals surface area contributed by atoms with Gasteiger partial charge in [-0.3, -0.25) is 0 Å². The predicted octanol–water partition coefficient (Wildman–Crippen LogP) is 3.22. The van der Waals surface area contributed by atoms with E-state index in [1.54, 1.807) is 0 Å². The molecular weight excluding hydrogens is 214 g/mol. The van der Waals surface area contributed by atoms with Gasteiger partial charge < -0.3 is 14.8 Å². The Morgan fingerprint density at radius 1 is 1.18 bits per heavy atom. The van der Waals surface area contributed by atoms with Gasteiger partial charge in [-0.2, -0.15) is 0 Å². The molecule has 0 aliphatic heterocycles. The number of hydrogen-bond acceptors (Lipinski definition) is 3. The summed E-state index contributed by atoms with van der Waals surface area (Å²) in [4.78, 5) is 0. The molecule has 0 saturated heterocycles. The van der Waals surface area contributed by atoms with Crippen LogP contribution in [0.5, 0.6) is 0 Å². The Morgan fingerprint density at radius 2 is 1.94 bits per heavy atom. The van der Waals surface area contributed by atoms with Crippen LogP contribution in [-0.2, 0) is 13.2 Å². The molecule has 0 fully saturated rings. The third-order valence-electron chi connectivity index (χ3n) is 2.98. The maximum absolute atomic E-state index is 8.91. The number of nitrogens with one attached hydrogen (secondary N) is 1. The minimum Gasteiger partial charge on any atom is -0.462 e. The second-order valence-corrected chi connectivity index (χ2v) is 4.53. The number of aliphatic hydroxyl groups is 1. The highest BCUT2D eigenvalue weighted by atomic mass is 16.4. The second-order valence-electron chi connectivity index (χ2n) is 4.53. The van der Waals surface area contributed by atoms with Crippen molar-refractivity contribution in [1.82, 2.24) is 5.32 Å². The molecule has 1 heterocycles. The molecule has 1 aromatic rings. The van der Waals surface area contributed by atoms with Crippen LogP contribution in [0.2, 0.25) is 0 Å². The Bertz CT molecular complexity index is 296. The monoisotopic (exact) mass is 239 g/mol. The lowest BCUT2D eigenvalue weighted by molar-refractivity contribution is 0.242. The van der Waals surface area contributed by atoms with E-state index in [0.717, 1.165) is 12.3 Å². The van der Waals surface area contributed by atoms with Gasteiger partial charge in [-0.25, -0.2) is 0 Å². The lowest BCUT2D eigenvalue weighted by atomic mass is 10.1. The molecule has 1 aromatic heterocycles. The molecule has 1 atom stereocenters. The largest absolute Gasteiger partial charge is 0.462 e. The lowest BCUT2D eigenvalue weighted by Crippen LogP contribution is -2.28. The smallest absolute Gasteiger partial charge is 0.129 e. The van der Waals surface area contributed by atoms with E-state index in [2.05, 4.69) is 19.2 Å². The fraction of sp³-hybridized carbons (Fsp3) is 0.714. The predicted molar refractivity (Wildman–Crippen MR) is 69.7 cm³/mol. The summed E-state index contributed by atoms with van der Waals surface area (Å²) < 4.78 is 5.45. The van der Waals surface area contributed by atoms with Crippen molar-refractivity contribution in [3.63, 3.8) is 0 Å². The SMILES string of the molecule is CCCCC(CCC)NCc1ccc(CO)o1. The minimum absolute atomic E-state index is 0.0196. The first-order chi connectivity index (χ1) is 8.30. The van der Waals surface area contributed by atoms with Gasteiger partial charge >= 0.3 is 0 Å². The van der Waals surface area contributed by atoms with E-state index in [4.69, 9.17) is 9.52 Å². The van der Waals surface area contributed by atoms with Crippen molar-refractivity contribution in [2.75, 3.05) is 0 Å². The van der Waals surface area contributed by atoms with Crippen LogP contribution in [-0.4, -0.2) is 11.1 Å². The van der Waals surface area contributed by atoms with Crippen LogP contribution in [0.1, 0.15) is 57.5 Å². The fourth-order valence-electron chi connectivity index (χ4n) is 1.99. The van der Waals surface area contributed by atoms with Gasteiger partial charge in [-0.1, -0.05) is 33.1 Å². The number of rotatable bonds is 9. The van der Waals surface area contributed by atoms with Crippen molar-refractivity contribution >= 4 is 0 Å². The number of unbranched alkanes of at least 4 members (excludes halogenated alkanes) is 1. The van der Waals surface area contributed by atoms with Crippen molar-refractivity contribution in [2.24, 2.45) is 0 Å². The summed E-state index contributed by atoms with van der Waals surface area (Å²) in [6, 6.07) is 4.35. The number of furan rings is 1. The zero-order valence-corrected chi connectivity index (χ0v) is 11.0. The summed E-state index contributed by atoms with van der Waals surface area (Å²) in [6.45, 7) is 5.18. The summed E-state index contributed by atoms with van der Waals surface area (Å²) in [5.41, 5.74) is 0. The normalized spacial score (nSPS) is 12.9. The molecule has 0 aromatic carbocycles. The summed E-state index contributed by atoms with van der Waals surface area (Å²) in [5, 5.41) is 12.4. The van der Waals surface area contributed by atoms with E-state index in [1.807, 2.05) is 12.1 Å². The molecule has 0 amide bonds. The van der Waals surface area contributed by atoms with E-state index in [-0.39, 0.29) is 6.61 Å². The molecule has 2 N–H and O–H groups in total. The van der Waals surface area contributed by atoms with Crippen LogP contribution in [0.25, 0.3) is 0 Å². The molecule has 0 bridgehead atoms. The topological polar surface area (TPSA) is 45.4 Å². The third kappa shape index (κ3) is 5.37. The van der Waals surface area contributed by atoms with E-state index < -0.39 is 0 Å². The molecule has 0 aliphatic rings. The summed E-state index contributed by atoms with van der Waals surface area (Å²) in [5.74, 6) is 1.55. The van der Waals surface area contributed by atoms with E-state index in [0.29, 0.717) is 11.8 Å². The second kappa shape index (κ2) is 8.31.